The van der Waals surface area contributed by atoms with Crippen LogP contribution in [0.2, 0.25) is 5.02 Å². The van der Waals surface area contributed by atoms with Gasteiger partial charge in [-0.25, -0.2) is 0 Å². The van der Waals surface area contributed by atoms with E-state index in [0.717, 1.165) is 5.56 Å². The summed E-state index contributed by atoms with van der Waals surface area (Å²) < 4.78 is 5.71. The van der Waals surface area contributed by atoms with E-state index in [4.69, 9.17) is 16.3 Å². The molecule has 0 aromatic heterocycles. The zero-order valence-electron chi connectivity index (χ0n) is 14.7. The van der Waals surface area contributed by atoms with Crippen LogP contribution in [-0.2, 0) is 4.79 Å². The molecule has 1 heterocycles. The van der Waals surface area contributed by atoms with Crippen molar-refractivity contribution >= 4 is 23.3 Å². The molecule has 5 heteroatoms. The highest BCUT2D eigenvalue weighted by Gasteiger charge is 2.30. The lowest BCUT2D eigenvalue weighted by Crippen LogP contribution is -2.45. The van der Waals surface area contributed by atoms with Crippen LogP contribution in [0.4, 0.5) is 0 Å². The average Bonchev–Trinajstić information content (AvgIpc) is 2.69. The van der Waals surface area contributed by atoms with Crippen LogP contribution >= 0.6 is 11.6 Å². The van der Waals surface area contributed by atoms with Gasteiger partial charge in [-0.2, -0.15) is 0 Å². The lowest BCUT2D eigenvalue weighted by molar-refractivity contribution is -0.139. The first-order valence-corrected chi connectivity index (χ1v) is 9.22. The number of hydrogen-bond acceptors (Lipinski definition) is 3. The average molecular weight is 372 g/mol. The molecule has 26 heavy (non-hydrogen) atoms. The van der Waals surface area contributed by atoms with Crippen molar-refractivity contribution in [3.05, 3.63) is 65.2 Å². The van der Waals surface area contributed by atoms with Crippen LogP contribution < -0.4 is 4.74 Å². The number of rotatable bonds is 5. The Bertz CT molecular complexity index is 753. The molecule has 0 radical (unpaired) electrons. The molecule has 1 aliphatic rings. The number of amides is 1. The molecule has 0 aliphatic carbocycles. The Kier molecular flexibility index (Phi) is 5.94. The summed E-state index contributed by atoms with van der Waals surface area (Å²) in [6.45, 7) is 2.91. The Morgan fingerprint density at radius 2 is 1.65 bits per heavy atom. The summed E-state index contributed by atoms with van der Waals surface area (Å²) in [5, 5.41) is 0.626. The molecule has 2 aromatic rings. The van der Waals surface area contributed by atoms with Crippen molar-refractivity contribution in [2.75, 3.05) is 13.1 Å². The van der Waals surface area contributed by atoms with E-state index < -0.39 is 6.10 Å². The predicted molar refractivity (Wildman–Crippen MR) is 102 cm³/mol. The number of Topliss-reactive ketones (excluding diaryl/α,β-unsaturated/α-hetero) is 1. The third-order valence-corrected chi connectivity index (χ3v) is 4.96. The first-order valence-electron chi connectivity index (χ1n) is 8.85. The third-order valence-electron chi connectivity index (χ3n) is 4.71. The second kappa shape index (κ2) is 8.37. The molecule has 3 rings (SSSR count). The fourth-order valence-electron chi connectivity index (χ4n) is 3.22. The molecule has 0 spiro atoms. The summed E-state index contributed by atoms with van der Waals surface area (Å²) in [4.78, 5) is 26.9. The predicted octanol–water partition coefficient (Wildman–Crippen LogP) is 4.23. The van der Waals surface area contributed by atoms with Gasteiger partial charge in [0.2, 0.25) is 0 Å². The largest absolute Gasteiger partial charge is 0.481 e. The van der Waals surface area contributed by atoms with Crippen LogP contribution in [-0.4, -0.2) is 35.8 Å². The molecule has 1 saturated heterocycles. The highest BCUT2D eigenvalue weighted by Crippen LogP contribution is 2.23. The fraction of sp³-hybridized carbons (Fsp3) is 0.333. The first-order chi connectivity index (χ1) is 12.5. The summed E-state index contributed by atoms with van der Waals surface area (Å²) in [6.07, 6.45) is 0.804. The van der Waals surface area contributed by atoms with Crippen molar-refractivity contribution in [2.45, 2.75) is 25.9 Å². The second-order valence-corrected chi connectivity index (χ2v) is 6.98. The lowest BCUT2D eigenvalue weighted by Gasteiger charge is -2.33. The minimum absolute atomic E-state index is 0.0195. The van der Waals surface area contributed by atoms with E-state index in [-0.39, 0.29) is 17.6 Å². The quantitative estimate of drug-likeness (QED) is 0.739. The van der Waals surface area contributed by atoms with Crippen LogP contribution in [0.5, 0.6) is 5.75 Å². The summed E-state index contributed by atoms with van der Waals surface area (Å²) in [5.74, 6) is 0.715. The van der Waals surface area contributed by atoms with E-state index in [2.05, 4.69) is 0 Å². The molecule has 136 valence electrons. The number of nitrogens with zero attached hydrogens (tertiary/aromatic N) is 1. The maximum Gasteiger partial charge on any atom is 0.263 e. The van der Waals surface area contributed by atoms with Gasteiger partial charge in [-0.1, -0.05) is 41.9 Å². The highest BCUT2D eigenvalue weighted by molar-refractivity contribution is 6.30. The molecule has 1 aliphatic heterocycles. The number of benzene rings is 2. The zero-order chi connectivity index (χ0) is 18.5. The van der Waals surface area contributed by atoms with E-state index >= 15 is 0 Å². The van der Waals surface area contributed by atoms with Crippen molar-refractivity contribution in [1.82, 2.24) is 4.90 Å². The van der Waals surface area contributed by atoms with Gasteiger partial charge in [0.25, 0.3) is 5.91 Å². The molecule has 2 aromatic carbocycles. The number of carbonyl (C=O) groups is 2. The van der Waals surface area contributed by atoms with Gasteiger partial charge in [0, 0.05) is 29.6 Å². The maximum atomic E-state index is 12.6. The van der Waals surface area contributed by atoms with Crippen LogP contribution in [0.25, 0.3) is 0 Å². The van der Waals surface area contributed by atoms with E-state index in [0.29, 0.717) is 36.7 Å². The first kappa shape index (κ1) is 18.5. The standard InChI is InChI=1S/C21H22ClNO3/c1-15(26-19-9-7-18(22)8-10-19)21(25)23-13-11-17(12-14-23)20(24)16-5-3-2-4-6-16/h2-10,15,17H,11-14H2,1H3. The Hall–Kier alpha value is -2.33. The molecule has 1 amide bonds. The molecule has 0 N–H and O–H groups in total. The van der Waals surface area contributed by atoms with Crippen LogP contribution in [0.1, 0.15) is 30.1 Å². The Morgan fingerprint density at radius 1 is 1.04 bits per heavy atom. The molecule has 4 nitrogen and oxygen atoms in total. The fourth-order valence-corrected chi connectivity index (χ4v) is 3.35. The molecular weight excluding hydrogens is 350 g/mol. The third kappa shape index (κ3) is 4.44. The summed E-state index contributed by atoms with van der Waals surface area (Å²) in [6, 6.07) is 16.3. The van der Waals surface area contributed by atoms with Gasteiger partial charge in [-0.05, 0) is 44.0 Å². The Balaban J connectivity index is 1.53. The molecule has 1 fully saturated rings. The Morgan fingerprint density at radius 3 is 2.27 bits per heavy atom. The molecule has 0 bridgehead atoms. The Labute approximate surface area is 158 Å². The SMILES string of the molecule is CC(Oc1ccc(Cl)cc1)C(=O)N1CCC(C(=O)c2ccccc2)CC1. The summed E-state index contributed by atoms with van der Waals surface area (Å²) in [5.41, 5.74) is 0.747. The van der Waals surface area contributed by atoms with Crippen molar-refractivity contribution in [1.29, 1.82) is 0 Å². The van der Waals surface area contributed by atoms with Crippen molar-refractivity contribution in [3.8, 4) is 5.75 Å². The van der Waals surface area contributed by atoms with Gasteiger partial charge < -0.3 is 9.64 Å². The summed E-state index contributed by atoms with van der Waals surface area (Å²) >= 11 is 5.86. The van der Waals surface area contributed by atoms with Gasteiger partial charge in [0.15, 0.2) is 11.9 Å². The smallest absolute Gasteiger partial charge is 0.263 e. The molecule has 1 unspecified atom stereocenters. The molecular formula is C21H22ClNO3. The highest BCUT2D eigenvalue weighted by atomic mass is 35.5. The zero-order valence-corrected chi connectivity index (χ0v) is 15.5. The normalized spacial score (nSPS) is 16.2. The minimum Gasteiger partial charge on any atom is -0.481 e. The van der Waals surface area contributed by atoms with Gasteiger partial charge in [0.1, 0.15) is 5.75 Å². The van der Waals surface area contributed by atoms with Crippen molar-refractivity contribution < 1.29 is 14.3 Å². The number of carbonyl (C=O) groups excluding carboxylic acids is 2. The van der Waals surface area contributed by atoms with Crippen LogP contribution in [0.15, 0.2) is 54.6 Å². The number of piperidine rings is 1. The molecule has 0 saturated carbocycles. The van der Waals surface area contributed by atoms with E-state index in [1.807, 2.05) is 30.3 Å². The van der Waals surface area contributed by atoms with Crippen LogP contribution in [0, 0.1) is 5.92 Å². The van der Waals surface area contributed by atoms with Gasteiger partial charge in [-0.3, -0.25) is 9.59 Å². The van der Waals surface area contributed by atoms with E-state index in [1.54, 1.807) is 36.1 Å². The number of ketones is 1. The van der Waals surface area contributed by atoms with Gasteiger partial charge >= 0.3 is 0 Å². The maximum absolute atomic E-state index is 12.6. The van der Waals surface area contributed by atoms with Gasteiger partial charge in [-0.15, -0.1) is 0 Å². The number of likely N-dealkylation sites (tertiary alicyclic amines) is 1. The van der Waals surface area contributed by atoms with E-state index in [1.165, 1.54) is 0 Å². The number of hydrogen-bond donors (Lipinski definition) is 0. The molecule has 1 atom stereocenters. The van der Waals surface area contributed by atoms with Gasteiger partial charge in [0.05, 0.1) is 0 Å². The number of halogens is 1. The lowest BCUT2D eigenvalue weighted by atomic mass is 9.89. The monoisotopic (exact) mass is 371 g/mol. The van der Waals surface area contributed by atoms with Crippen molar-refractivity contribution in [2.24, 2.45) is 5.92 Å². The second-order valence-electron chi connectivity index (χ2n) is 6.54. The number of ether oxygens (including phenoxy) is 1. The summed E-state index contributed by atoms with van der Waals surface area (Å²) in [7, 11) is 0. The minimum atomic E-state index is -0.572. The van der Waals surface area contributed by atoms with E-state index in [9.17, 15) is 9.59 Å². The topological polar surface area (TPSA) is 46.6 Å². The van der Waals surface area contributed by atoms with Crippen LogP contribution in [0.3, 0.4) is 0 Å². The van der Waals surface area contributed by atoms with Crippen molar-refractivity contribution in [3.63, 3.8) is 0 Å².